The van der Waals surface area contributed by atoms with Gasteiger partial charge in [0.05, 0.1) is 0 Å². The third kappa shape index (κ3) is 2.28. The number of aromatic amines is 1. The molecule has 8 heteroatoms. The van der Waals surface area contributed by atoms with Crippen molar-refractivity contribution in [3.05, 3.63) is 11.8 Å². The number of urea groups is 1. The first-order valence-electron chi connectivity index (χ1n) is 6.80. The van der Waals surface area contributed by atoms with E-state index in [0.29, 0.717) is 31.1 Å². The van der Waals surface area contributed by atoms with Crippen LogP contribution in [0.3, 0.4) is 0 Å². The van der Waals surface area contributed by atoms with Crippen molar-refractivity contribution >= 4 is 17.8 Å². The monoisotopic (exact) mass is 278 g/mol. The number of anilines is 1. The molecule has 3 rings (SSSR count). The van der Waals surface area contributed by atoms with Crippen molar-refractivity contribution < 1.29 is 9.59 Å². The largest absolute Gasteiger partial charge is 0.382 e. The van der Waals surface area contributed by atoms with E-state index in [0.717, 1.165) is 19.4 Å². The third-order valence-electron chi connectivity index (χ3n) is 3.91. The number of hydrogen-bond donors (Lipinski definition) is 3. The Morgan fingerprint density at radius 1 is 1.35 bits per heavy atom. The molecule has 4 N–H and O–H groups in total. The minimum atomic E-state index is -0.0847. The molecule has 2 fully saturated rings. The van der Waals surface area contributed by atoms with Crippen molar-refractivity contribution in [1.82, 2.24) is 25.3 Å². The molecule has 2 aliphatic rings. The second kappa shape index (κ2) is 5.03. The Bertz CT molecular complexity index is 520. The van der Waals surface area contributed by atoms with E-state index in [9.17, 15) is 9.59 Å². The molecular weight excluding hydrogens is 260 g/mol. The number of H-pyrrole nitrogens is 1. The van der Waals surface area contributed by atoms with Gasteiger partial charge in [-0.1, -0.05) is 0 Å². The molecule has 0 saturated carbocycles. The zero-order valence-corrected chi connectivity index (χ0v) is 11.1. The van der Waals surface area contributed by atoms with Crippen LogP contribution in [0.4, 0.5) is 10.6 Å². The second-order valence-corrected chi connectivity index (χ2v) is 5.16. The molecule has 8 nitrogen and oxygen atoms in total. The van der Waals surface area contributed by atoms with Crippen LogP contribution in [-0.2, 0) is 0 Å². The van der Waals surface area contributed by atoms with E-state index < -0.39 is 0 Å². The lowest BCUT2D eigenvalue weighted by Gasteiger charge is -2.35. The Balaban J connectivity index is 1.58. The highest BCUT2D eigenvalue weighted by Gasteiger charge is 2.32. The Morgan fingerprint density at radius 2 is 2.10 bits per heavy atom. The number of nitrogens with two attached hydrogens (primary N) is 1. The number of nitrogens with zero attached hydrogens (tertiary/aromatic N) is 3. The molecule has 1 aromatic heterocycles. The molecule has 0 radical (unpaired) electrons. The number of nitrogen functional groups attached to an aromatic ring is 1. The number of nitrogens with one attached hydrogen (secondary N) is 2. The van der Waals surface area contributed by atoms with Crippen molar-refractivity contribution in [3.63, 3.8) is 0 Å². The first-order valence-corrected chi connectivity index (χ1v) is 6.80. The highest BCUT2D eigenvalue weighted by molar-refractivity contribution is 5.93. The summed E-state index contributed by atoms with van der Waals surface area (Å²) in [5.41, 5.74) is 5.92. The van der Waals surface area contributed by atoms with Crippen LogP contribution in [0.25, 0.3) is 0 Å². The highest BCUT2D eigenvalue weighted by atomic mass is 16.2. The zero-order valence-electron chi connectivity index (χ0n) is 11.1. The molecule has 2 aliphatic heterocycles. The number of aromatic nitrogens is 2. The summed E-state index contributed by atoms with van der Waals surface area (Å²) in [5.74, 6) is 0.232. The number of hydrogen-bond acceptors (Lipinski definition) is 4. The summed E-state index contributed by atoms with van der Waals surface area (Å²) in [5, 5.41) is 9.21. The second-order valence-electron chi connectivity index (χ2n) is 5.16. The highest BCUT2D eigenvalue weighted by Crippen LogP contribution is 2.19. The molecule has 0 aliphatic carbocycles. The van der Waals surface area contributed by atoms with Gasteiger partial charge in [0, 0.05) is 38.3 Å². The summed E-state index contributed by atoms with van der Waals surface area (Å²) in [6, 6.07) is 1.78. The topological polar surface area (TPSA) is 107 Å². The average Bonchev–Trinajstić information content (AvgIpc) is 3.07. The van der Waals surface area contributed by atoms with Gasteiger partial charge in [-0.15, -0.1) is 0 Å². The van der Waals surface area contributed by atoms with Crippen molar-refractivity contribution in [2.24, 2.45) is 0 Å². The molecule has 1 aromatic rings. The SMILES string of the molecule is Nc1cc(C(=O)N2CCC(N3CCNC3=O)CC2)[nH]n1. The van der Waals surface area contributed by atoms with Crippen LogP contribution in [0.15, 0.2) is 6.07 Å². The maximum atomic E-state index is 12.2. The molecule has 3 heterocycles. The van der Waals surface area contributed by atoms with Crippen molar-refractivity contribution in [3.8, 4) is 0 Å². The van der Waals surface area contributed by atoms with E-state index >= 15 is 0 Å². The number of piperidine rings is 1. The normalized spacial score (nSPS) is 20.3. The molecule has 3 amide bonds. The van der Waals surface area contributed by atoms with Crippen LogP contribution in [0.5, 0.6) is 0 Å². The Hall–Kier alpha value is -2.25. The molecule has 0 spiro atoms. The van der Waals surface area contributed by atoms with Gasteiger partial charge in [0.25, 0.3) is 5.91 Å². The Labute approximate surface area is 116 Å². The van der Waals surface area contributed by atoms with E-state index in [1.165, 1.54) is 0 Å². The molecule has 2 saturated heterocycles. The minimum Gasteiger partial charge on any atom is -0.382 e. The lowest BCUT2D eigenvalue weighted by atomic mass is 10.0. The minimum absolute atomic E-state index is 0.0103. The molecule has 108 valence electrons. The third-order valence-corrected chi connectivity index (χ3v) is 3.91. The first-order chi connectivity index (χ1) is 9.65. The molecular formula is C12H18N6O2. The van der Waals surface area contributed by atoms with Gasteiger partial charge in [-0.3, -0.25) is 9.89 Å². The number of carbonyl (C=O) groups excluding carboxylic acids is 2. The quantitative estimate of drug-likeness (QED) is 0.685. The van der Waals surface area contributed by atoms with Gasteiger partial charge in [-0.2, -0.15) is 5.10 Å². The summed E-state index contributed by atoms with van der Waals surface area (Å²) in [6.45, 7) is 2.76. The van der Waals surface area contributed by atoms with Gasteiger partial charge in [0.1, 0.15) is 11.5 Å². The van der Waals surface area contributed by atoms with E-state index in [1.54, 1.807) is 11.0 Å². The summed E-state index contributed by atoms with van der Waals surface area (Å²) in [4.78, 5) is 27.5. The first kappa shape index (κ1) is 12.8. The van der Waals surface area contributed by atoms with Gasteiger partial charge < -0.3 is 20.9 Å². The number of carbonyl (C=O) groups is 2. The van der Waals surface area contributed by atoms with Crippen LogP contribution < -0.4 is 11.1 Å². The number of likely N-dealkylation sites (tertiary alicyclic amines) is 1. The Morgan fingerprint density at radius 3 is 2.65 bits per heavy atom. The lowest BCUT2D eigenvalue weighted by Crippen LogP contribution is -2.47. The van der Waals surface area contributed by atoms with Crippen molar-refractivity contribution in [2.75, 3.05) is 31.9 Å². The molecule has 0 aromatic carbocycles. The van der Waals surface area contributed by atoms with Crippen LogP contribution in [0.2, 0.25) is 0 Å². The molecule has 0 atom stereocenters. The van der Waals surface area contributed by atoms with Gasteiger partial charge >= 0.3 is 6.03 Å². The predicted octanol–water partition coefficient (Wildman–Crippen LogP) is -0.378. The summed E-state index contributed by atoms with van der Waals surface area (Å²) in [7, 11) is 0. The van der Waals surface area contributed by atoms with Gasteiger partial charge in [0.15, 0.2) is 0 Å². The zero-order chi connectivity index (χ0) is 14.1. The van der Waals surface area contributed by atoms with E-state index in [2.05, 4.69) is 15.5 Å². The van der Waals surface area contributed by atoms with Gasteiger partial charge in [0.2, 0.25) is 0 Å². The molecule has 0 unspecified atom stereocenters. The standard InChI is InChI=1S/C12H18N6O2/c13-10-7-9(15-16-10)11(19)17-4-1-8(2-5-17)18-6-3-14-12(18)20/h7-8H,1-6H2,(H,14,20)(H3,13,15,16). The van der Waals surface area contributed by atoms with Crippen LogP contribution >= 0.6 is 0 Å². The molecule has 0 bridgehead atoms. The van der Waals surface area contributed by atoms with Crippen LogP contribution in [0, 0.1) is 0 Å². The van der Waals surface area contributed by atoms with Crippen LogP contribution in [0.1, 0.15) is 23.3 Å². The van der Waals surface area contributed by atoms with E-state index in [-0.39, 0.29) is 18.0 Å². The fourth-order valence-corrected chi connectivity index (χ4v) is 2.83. The average molecular weight is 278 g/mol. The number of rotatable bonds is 2. The fourth-order valence-electron chi connectivity index (χ4n) is 2.83. The lowest BCUT2D eigenvalue weighted by molar-refractivity contribution is 0.0660. The van der Waals surface area contributed by atoms with E-state index in [4.69, 9.17) is 5.73 Å². The van der Waals surface area contributed by atoms with Gasteiger partial charge in [-0.25, -0.2) is 4.79 Å². The van der Waals surface area contributed by atoms with Crippen molar-refractivity contribution in [1.29, 1.82) is 0 Å². The Kier molecular flexibility index (Phi) is 3.21. The summed E-state index contributed by atoms with van der Waals surface area (Å²) < 4.78 is 0. The van der Waals surface area contributed by atoms with Crippen molar-refractivity contribution in [2.45, 2.75) is 18.9 Å². The fraction of sp³-hybridized carbons (Fsp3) is 0.583. The molecule has 20 heavy (non-hydrogen) atoms. The number of amides is 3. The summed E-state index contributed by atoms with van der Waals surface area (Å²) in [6.07, 6.45) is 1.62. The summed E-state index contributed by atoms with van der Waals surface area (Å²) >= 11 is 0. The smallest absolute Gasteiger partial charge is 0.317 e. The van der Waals surface area contributed by atoms with Crippen LogP contribution in [-0.4, -0.2) is 64.2 Å². The van der Waals surface area contributed by atoms with Gasteiger partial charge in [-0.05, 0) is 12.8 Å². The maximum absolute atomic E-state index is 12.2. The van der Waals surface area contributed by atoms with E-state index in [1.807, 2.05) is 4.90 Å². The predicted molar refractivity (Wildman–Crippen MR) is 72.0 cm³/mol. The maximum Gasteiger partial charge on any atom is 0.317 e.